The molecule has 29 heavy (non-hydrogen) atoms. The van der Waals surface area contributed by atoms with Gasteiger partial charge in [0, 0.05) is 6.54 Å². The van der Waals surface area contributed by atoms with Gasteiger partial charge in [0.25, 0.3) is 0 Å². The number of hydrogen-bond donors (Lipinski definition) is 1. The van der Waals surface area contributed by atoms with Gasteiger partial charge >= 0.3 is 0 Å². The lowest BCUT2D eigenvalue weighted by Gasteiger charge is -2.11. The summed E-state index contributed by atoms with van der Waals surface area (Å²) < 4.78 is 29.2. The summed E-state index contributed by atoms with van der Waals surface area (Å²) >= 11 is 0. The predicted octanol–water partition coefficient (Wildman–Crippen LogP) is 4.49. The minimum Gasteiger partial charge on any atom is -0.493 e. The lowest BCUT2D eigenvalue weighted by Crippen LogP contribution is -2.24. The van der Waals surface area contributed by atoms with Crippen LogP contribution in [-0.4, -0.2) is 20.1 Å². The summed E-state index contributed by atoms with van der Waals surface area (Å²) in [7, 11) is 3.13. The van der Waals surface area contributed by atoms with Gasteiger partial charge in [-0.25, -0.2) is 4.39 Å². The second-order valence-corrected chi connectivity index (χ2v) is 6.35. The van der Waals surface area contributed by atoms with Gasteiger partial charge < -0.3 is 19.5 Å². The molecule has 3 aromatic rings. The summed E-state index contributed by atoms with van der Waals surface area (Å²) in [4.78, 5) is 12.3. The second-order valence-electron chi connectivity index (χ2n) is 6.35. The molecule has 0 atom stereocenters. The Morgan fingerprint density at radius 1 is 0.862 bits per heavy atom. The fourth-order valence-corrected chi connectivity index (χ4v) is 2.80. The fraction of sp³-hybridized carbons (Fsp3) is 0.174. The Kier molecular flexibility index (Phi) is 6.68. The van der Waals surface area contributed by atoms with Crippen molar-refractivity contribution in [2.45, 2.75) is 13.0 Å². The van der Waals surface area contributed by atoms with Crippen molar-refractivity contribution in [3.63, 3.8) is 0 Å². The molecule has 0 aromatic heterocycles. The van der Waals surface area contributed by atoms with Crippen LogP contribution in [0.3, 0.4) is 0 Å². The van der Waals surface area contributed by atoms with Gasteiger partial charge in [0.2, 0.25) is 5.91 Å². The number of rotatable bonds is 8. The normalized spacial score (nSPS) is 10.3. The van der Waals surface area contributed by atoms with Crippen LogP contribution in [0.25, 0.3) is 0 Å². The molecule has 150 valence electrons. The maximum Gasteiger partial charge on any atom is 0.224 e. The first-order chi connectivity index (χ1) is 14.1. The molecule has 3 rings (SSSR count). The van der Waals surface area contributed by atoms with Crippen LogP contribution in [0.5, 0.6) is 23.0 Å². The van der Waals surface area contributed by atoms with Crippen molar-refractivity contribution in [1.29, 1.82) is 0 Å². The van der Waals surface area contributed by atoms with E-state index in [0.29, 0.717) is 29.5 Å². The Balaban J connectivity index is 1.57. The van der Waals surface area contributed by atoms with Crippen molar-refractivity contribution >= 4 is 5.91 Å². The van der Waals surface area contributed by atoms with Crippen molar-refractivity contribution in [1.82, 2.24) is 5.32 Å². The molecule has 0 unspecified atom stereocenters. The first-order valence-electron chi connectivity index (χ1n) is 9.07. The monoisotopic (exact) mass is 395 g/mol. The number of benzene rings is 3. The van der Waals surface area contributed by atoms with E-state index in [0.717, 1.165) is 11.1 Å². The first-order valence-corrected chi connectivity index (χ1v) is 9.07. The average Bonchev–Trinajstić information content (AvgIpc) is 2.74. The molecule has 1 N–H and O–H groups in total. The third-order valence-corrected chi connectivity index (χ3v) is 4.25. The predicted molar refractivity (Wildman–Crippen MR) is 108 cm³/mol. The van der Waals surface area contributed by atoms with Gasteiger partial charge in [0.1, 0.15) is 17.3 Å². The van der Waals surface area contributed by atoms with Gasteiger partial charge in [-0.2, -0.15) is 0 Å². The number of amides is 1. The van der Waals surface area contributed by atoms with Crippen molar-refractivity contribution < 1.29 is 23.4 Å². The number of nitrogens with one attached hydrogen (secondary N) is 1. The standard InChI is InChI=1S/C23H22FNO4/c1-27-21-11-6-16(13-22(21)28-2)14-23(26)25-15-17-4-3-5-20(12-17)29-19-9-7-18(24)8-10-19/h3-13H,14-15H2,1-2H3,(H,25,26). The highest BCUT2D eigenvalue weighted by Gasteiger charge is 2.09. The molecule has 0 saturated carbocycles. The molecule has 0 spiro atoms. The Morgan fingerprint density at radius 2 is 1.62 bits per heavy atom. The van der Waals surface area contributed by atoms with Crippen LogP contribution in [-0.2, 0) is 17.8 Å². The SMILES string of the molecule is COc1ccc(CC(=O)NCc2cccc(Oc3ccc(F)cc3)c2)cc1OC. The summed E-state index contributed by atoms with van der Waals surface area (Å²) in [6.07, 6.45) is 0.228. The molecule has 0 radical (unpaired) electrons. The molecule has 5 nitrogen and oxygen atoms in total. The van der Waals surface area contributed by atoms with Crippen molar-refractivity contribution in [2.75, 3.05) is 14.2 Å². The summed E-state index contributed by atoms with van der Waals surface area (Å²) in [5, 5.41) is 2.90. The number of carbonyl (C=O) groups is 1. The first kappa shape index (κ1) is 20.2. The lowest BCUT2D eigenvalue weighted by atomic mass is 10.1. The van der Waals surface area contributed by atoms with Gasteiger partial charge in [-0.15, -0.1) is 0 Å². The fourth-order valence-electron chi connectivity index (χ4n) is 2.80. The zero-order valence-corrected chi connectivity index (χ0v) is 16.3. The van der Waals surface area contributed by atoms with E-state index in [9.17, 15) is 9.18 Å². The van der Waals surface area contributed by atoms with E-state index in [1.807, 2.05) is 24.3 Å². The summed E-state index contributed by atoms with van der Waals surface area (Å²) in [6.45, 7) is 0.368. The van der Waals surface area contributed by atoms with Crippen molar-refractivity contribution in [3.8, 4) is 23.0 Å². The van der Waals surface area contributed by atoms with Crippen molar-refractivity contribution in [3.05, 3.63) is 83.7 Å². The van der Waals surface area contributed by atoms with Crippen LogP contribution in [0.4, 0.5) is 4.39 Å². The van der Waals surface area contributed by atoms with Crippen LogP contribution in [0.2, 0.25) is 0 Å². The van der Waals surface area contributed by atoms with Crippen LogP contribution in [0, 0.1) is 5.82 Å². The minimum atomic E-state index is -0.316. The molecule has 3 aromatic carbocycles. The van der Waals surface area contributed by atoms with E-state index >= 15 is 0 Å². The van der Waals surface area contributed by atoms with E-state index in [-0.39, 0.29) is 18.1 Å². The number of halogens is 1. The number of hydrogen-bond acceptors (Lipinski definition) is 4. The van der Waals surface area contributed by atoms with E-state index in [4.69, 9.17) is 14.2 Å². The zero-order valence-electron chi connectivity index (χ0n) is 16.3. The Hall–Kier alpha value is -3.54. The molecule has 0 saturated heterocycles. The summed E-state index contributed by atoms with van der Waals surface area (Å²) in [5.41, 5.74) is 1.72. The molecule has 0 aliphatic heterocycles. The maximum absolute atomic E-state index is 13.0. The van der Waals surface area contributed by atoms with Crippen LogP contribution >= 0.6 is 0 Å². The molecule has 6 heteroatoms. The molecule has 0 heterocycles. The lowest BCUT2D eigenvalue weighted by molar-refractivity contribution is -0.120. The summed E-state index contributed by atoms with van der Waals surface area (Å²) in [6, 6.07) is 18.6. The topological polar surface area (TPSA) is 56.8 Å². The highest BCUT2D eigenvalue weighted by atomic mass is 19.1. The van der Waals surface area contributed by atoms with E-state index in [1.54, 1.807) is 44.6 Å². The Labute approximate surface area is 169 Å². The molecule has 1 amide bonds. The Morgan fingerprint density at radius 3 is 2.34 bits per heavy atom. The van der Waals surface area contributed by atoms with E-state index in [2.05, 4.69) is 5.32 Å². The maximum atomic E-state index is 13.0. The number of ether oxygens (including phenoxy) is 3. The minimum absolute atomic E-state index is 0.109. The van der Waals surface area contributed by atoms with Gasteiger partial charge in [0.15, 0.2) is 11.5 Å². The molecular weight excluding hydrogens is 373 g/mol. The molecule has 0 bridgehead atoms. The molecule has 0 aliphatic rings. The third kappa shape index (κ3) is 5.72. The van der Waals surface area contributed by atoms with Gasteiger partial charge in [0.05, 0.1) is 20.6 Å². The number of carbonyl (C=O) groups excluding carboxylic acids is 1. The highest BCUT2D eigenvalue weighted by Crippen LogP contribution is 2.27. The quantitative estimate of drug-likeness (QED) is 0.610. The van der Waals surface area contributed by atoms with Crippen LogP contribution in [0.1, 0.15) is 11.1 Å². The molecule has 0 fully saturated rings. The third-order valence-electron chi connectivity index (χ3n) is 4.25. The van der Waals surface area contributed by atoms with Gasteiger partial charge in [-0.1, -0.05) is 18.2 Å². The average molecular weight is 395 g/mol. The van der Waals surface area contributed by atoms with Gasteiger partial charge in [-0.05, 0) is 59.7 Å². The van der Waals surface area contributed by atoms with E-state index < -0.39 is 0 Å². The van der Waals surface area contributed by atoms with Crippen molar-refractivity contribution in [2.24, 2.45) is 0 Å². The zero-order chi connectivity index (χ0) is 20.6. The van der Waals surface area contributed by atoms with E-state index in [1.165, 1.54) is 12.1 Å². The highest BCUT2D eigenvalue weighted by molar-refractivity contribution is 5.78. The molecular formula is C23H22FNO4. The number of methoxy groups -OCH3 is 2. The van der Waals surface area contributed by atoms with Crippen LogP contribution in [0.15, 0.2) is 66.7 Å². The van der Waals surface area contributed by atoms with Crippen LogP contribution < -0.4 is 19.5 Å². The molecule has 0 aliphatic carbocycles. The summed E-state index contributed by atoms with van der Waals surface area (Å²) in [5.74, 6) is 1.94. The largest absolute Gasteiger partial charge is 0.493 e. The smallest absolute Gasteiger partial charge is 0.224 e. The second kappa shape index (κ2) is 9.59. The van der Waals surface area contributed by atoms with Gasteiger partial charge in [-0.3, -0.25) is 4.79 Å². The Bertz CT molecular complexity index is 973.